The number of benzene rings is 9. The molecular formula is C56H45O2P3Pd. The van der Waals surface area contributed by atoms with Gasteiger partial charge in [-0.3, -0.25) is 9.59 Å². The Morgan fingerprint density at radius 2 is 0.258 bits per heavy atom. The van der Waals surface area contributed by atoms with Gasteiger partial charge in [-0.1, -0.05) is 273 Å². The Balaban J connectivity index is 0.000000195. The van der Waals surface area contributed by atoms with Crippen molar-refractivity contribution in [1.29, 1.82) is 0 Å². The van der Waals surface area contributed by atoms with Gasteiger partial charge in [-0.15, -0.1) is 0 Å². The Morgan fingerprint density at radius 1 is 0.177 bits per heavy atom. The predicted octanol–water partition coefficient (Wildman–Crippen LogP) is 9.54. The molecule has 6 heteroatoms. The van der Waals surface area contributed by atoms with E-state index in [2.05, 4.69) is 287 Å². The first kappa shape index (κ1) is 48.9. The fourth-order valence-electron chi connectivity index (χ4n) is 6.54. The van der Waals surface area contributed by atoms with E-state index >= 15 is 0 Å². The van der Waals surface area contributed by atoms with Gasteiger partial charge < -0.3 is 0 Å². The number of rotatable bonds is 9. The van der Waals surface area contributed by atoms with E-state index in [1.807, 2.05) is 0 Å². The molecule has 0 amide bonds. The van der Waals surface area contributed by atoms with Crippen LogP contribution in [0.4, 0.5) is 0 Å². The van der Waals surface area contributed by atoms with E-state index in [1.54, 1.807) is 0 Å². The van der Waals surface area contributed by atoms with E-state index in [0.29, 0.717) is 0 Å². The van der Waals surface area contributed by atoms with Crippen LogP contribution in [0.5, 0.6) is 0 Å². The molecule has 0 aliphatic heterocycles. The van der Waals surface area contributed by atoms with E-state index in [4.69, 9.17) is 9.59 Å². The first-order chi connectivity index (χ1) is 30.3. The Labute approximate surface area is 385 Å². The molecule has 0 heterocycles. The van der Waals surface area contributed by atoms with Crippen LogP contribution in [0.3, 0.4) is 0 Å². The van der Waals surface area contributed by atoms with Crippen molar-refractivity contribution < 1.29 is 30.0 Å². The zero-order valence-electron chi connectivity index (χ0n) is 34.0. The maximum Gasteiger partial charge on any atom is 0.281 e. The summed E-state index contributed by atoms with van der Waals surface area (Å²) in [5, 5.41) is 12.6. The minimum Gasteiger partial charge on any atom is -0.281 e. The summed E-state index contributed by atoms with van der Waals surface area (Å²) in [6.07, 6.45) is 0. The third kappa shape index (κ3) is 14.7. The van der Waals surface area contributed by atoms with Gasteiger partial charge in [0.15, 0.2) is 0 Å². The Morgan fingerprint density at radius 3 is 0.339 bits per heavy atom. The van der Waals surface area contributed by atoms with Gasteiger partial charge in [0.25, 0.3) is 13.6 Å². The van der Waals surface area contributed by atoms with Crippen molar-refractivity contribution in [1.82, 2.24) is 0 Å². The van der Waals surface area contributed by atoms with E-state index in [0.717, 1.165) is 0 Å². The molecule has 0 aliphatic carbocycles. The van der Waals surface area contributed by atoms with Crippen LogP contribution in [0.1, 0.15) is 0 Å². The molecule has 306 valence electrons. The SMILES string of the molecule is [C]=O.[C]=O.[Pd].c1ccc(P(c2ccccc2)c2ccccc2)cc1.c1ccc(P(c2ccccc2)c2ccccc2)cc1.c1ccc(P(c2ccccc2)c2ccccc2)cc1. The summed E-state index contributed by atoms with van der Waals surface area (Å²) in [7, 11) is -1.34. The standard InChI is InChI=1S/3C18H15P.2CO.Pd/c3*1-4-10-16(11-5-1)19(17-12-6-2-7-13-17)18-14-8-3-9-15-18;2*1-2;/h3*1-15H;;;. The van der Waals surface area contributed by atoms with Crippen LogP contribution >= 0.6 is 23.8 Å². The minimum atomic E-state index is -0.446. The average molecular weight is 949 g/mol. The molecule has 9 rings (SSSR count). The third-order valence-electron chi connectivity index (χ3n) is 9.13. The molecule has 0 aliphatic rings. The molecule has 0 spiro atoms. The Hall–Kier alpha value is -5.73. The van der Waals surface area contributed by atoms with Gasteiger partial charge in [0.05, 0.1) is 0 Å². The quantitative estimate of drug-likeness (QED) is 0.107. The molecule has 0 saturated carbocycles. The molecular weight excluding hydrogens is 904 g/mol. The van der Waals surface area contributed by atoms with Gasteiger partial charge in [0, 0.05) is 20.4 Å². The molecule has 0 atom stereocenters. The number of carbonyl (C=O) groups excluding carboxylic acids is 2. The maximum atomic E-state index is 7.50. The second kappa shape index (κ2) is 28.7. The van der Waals surface area contributed by atoms with Crippen molar-refractivity contribution in [2.45, 2.75) is 0 Å². The van der Waals surface area contributed by atoms with Crippen LogP contribution in [-0.4, -0.2) is 13.6 Å². The summed E-state index contributed by atoms with van der Waals surface area (Å²) in [6.45, 7) is 9.00. The molecule has 0 aromatic heterocycles. The monoisotopic (exact) mass is 948 g/mol. The molecule has 0 fully saturated rings. The average Bonchev–Trinajstić information content (AvgIpc) is 3.37. The van der Waals surface area contributed by atoms with E-state index < -0.39 is 23.8 Å². The van der Waals surface area contributed by atoms with Gasteiger partial charge in [0.2, 0.25) is 0 Å². The maximum absolute atomic E-state index is 7.50. The van der Waals surface area contributed by atoms with Crippen LogP contribution in [0, 0.1) is 0 Å². The summed E-state index contributed by atoms with van der Waals surface area (Å²) in [5.74, 6) is 0. The van der Waals surface area contributed by atoms with Gasteiger partial charge in [-0.05, 0) is 71.5 Å². The van der Waals surface area contributed by atoms with Crippen LogP contribution in [0.25, 0.3) is 0 Å². The minimum absolute atomic E-state index is 0. The zero-order valence-corrected chi connectivity index (χ0v) is 38.2. The topological polar surface area (TPSA) is 34.1 Å². The molecule has 62 heavy (non-hydrogen) atoms. The van der Waals surface area contributed by atoms with Crippen LogP contribution in [0.2, 0.25) is 0 Å². The number of hydrogen-bond donors (Lipinski definition) is 0. The third-order valence-corrected chi connectivity index (χ3v) is 16.5. The van der Waals surface area contributed by atoms with Crippen LogP contribution < -0.4 is 47.7 Å². The normalized spacial score (nSPS) is 9.85. The molecule has 0 N–H and O–H groups in total. The van der Waals surface area contributed by atoms with Crippen molar-refractivity contribution >= 4 is 85.1 Å². The molecule has 0 unspecified atom stereocenters. The van der Waals surface area contributed by atoms with Crippen molar-refractivity contribution in [3.8, 4) is 0 Å². The summed E-state index contributed by atoms with van der Waals surface area (Å²) >= 11 is 0. The molecule has 9 aromatic carbocycles. The molecule has 9 aromatic rings. The second-order valence-electron chi connectivity index (χ2n) is 13.0. The first-order valence-electron chi connectivity index (χ1n) is 19.6. The van der Waals surface area contributed by atoms with Gasteiger partial charge in [0.1, 0.15) is 0 Å². The van der Waals surface area contributed by atoms with E-state index in [1.165, 1.54) is 47.7 Å². The van der Waals surface area contributed by atoms with Crippen molar-refractivity contribution in [3.63, 3.8) is 0 Å². The van der Waals surface area contributed by atoms with Crippen molar-refractivity contribution in [2.75, 3.05) is 0 Å². The summed E-state index contributed by atoms with van der Waals surface area (Å²) in [5.41, 5.74) is 0. The smallest absolute Gasteiger partial charge is 0.281 e. The predicted molar refractivity (Wildman–Crippen MR) is 267 cm³/mol. The zero-order chi connectivity index (χ0) is 42.7. The molecule has 0 bridgehead atoms. The fraction of sp³-hybridized carbons (Fsp3) is 0. The molecule has 2 nitrogen and oxygen atoms in total. The fourth-order valence-corrected chi connectivity index (χ4v) is 13.5. The summed E-state index contributed by atoms with van der Waals surface area (Å²) < 4.78 is 0. The second-order valence-corrected chi connectivity index (χ2v) is 19.7. The van der Waals surface area contributed by atoms with E-state index in [9.17, 15) is 0 Å². The molecule has 4 radical (unpaired) electrons. The first-order valence-corrected chi connectivity index (χ1v) is 23.6. The number of hydrogen-bond acceptors (Lipinski definition) is 2. The van der Waals surface area contributed by atoms with Gasteiger partial charge >= 0.3 is 0 Å². The van der Waals surface area contributed by atoms with Crippen LogP contribution in [0.15, 0.2) is 273 Å². The van der Waals surface area contributed by atoms with Gasteiger partial charge in [-0.2, -0.15) is 0 Å². The molecule has 0 saturated heterocycles. The van der Waals surface area contributed by atoms with Crippen molar-refractivity contribution in [3.05, 3.63) is 273 Å². The van der Waals surface area contributed by atoms with Gasteiger partial charge in [-0.25, -0.2) is 0 Å². The van der Waals surface area contributed by atoms with Crippen molar-refractivity contribution in [2.24, 2.45) is 0 Å². The van der Waals surface area contributed by atoms with E-state index in [-0.39, 0.29) is 20.4 Å². The van der Waals surface area contributed by atoms with Crippen LogP contribution in [-0.2, 0) is 30.0 Å². The largest absolute Gasteiger partial charge is 0.281 e. The summed E-state index contributed by atoms with van der Waals surface area (Å²) in [6, 6.07) is 97.0. The Kier molecular flexibility index (Phi) is 22.7. The summed E-state index contributed by atoms with van der Waals surface area (Å²) in [4.78, 5) is 15.0. The Bertz CT molecular complexity index is 1910.